The van der Waals surface area contributed by atoms with E-state index in [2.05, 4.69) is 18.7 Å². The average Bonchev–Trinajstić information content (AvgIpc) is 3.08. The van der Waals surface area contributed by atoms with Crippen LogP contribution in [0.3, 0.4) is 0 Å². The number of likely N-dealkylation sites (tertiary alicyclic amines) is 1. The van der Waals surface area contributed by atoms with Gasteiger partial charge in [0, 0.05) is 12.6 Å². The molecular weight excluding hydrogens is 250 g/mol. The molecule has 108 valence electrons. The van der Waals surface area contributed by atoms with Crippen LogP contribution >= 0.6 is 0 Å². The van der Waals surface area contributed by atoms with E-state index in [-0.39, 0.29) is 12.0 Å². The second-order valence-electron chi connectivity index (χ2n) is 6.58. The highest BCUT2D eigenvalue weighted by atomic mass is 16.5. The van der Waals surface area contributed by atoms with E-state index in [9.17, 15) is 4.79 Å². The topological polar surface area (TPSA) is 29.5 Å². The van der Waals surface area contributed by atoms with Crippen molar-refractivity contribution in [1.29, 1.82) is 0 Å². The summed E-state index contributed by atoms with van der Waals surface area (Å²) in [5.41, 5.74) is 1.48. The lowest BCUT2D eigenvalue weighted by atomic mass is 10.0. The van der Waals surface area contributed by atoms with Gasteiger partial charge in [0.25, 0.3) is 0 Å². The van der Waals surface area contributed by atoms with Gasteiger partial charge < -0.3 is 4.74 Å². The van der Waals surface area contributed by atoms with E-state index in [0.717, 1.165) is 18.5 Å². The lowest BCUT2D eigenvalue weighted by Crippen LogP contribution is -2.41. The molecule has 1 saturated heterocycles. The van der Waals surface area contributed by atoms with Crippen molar-refractivity contribution in [3.63, 3.8) is 0 Å². The van der Waals surface area contributed by atoms with Crippen LogP contribution in [0.15, 0.2) is 30.3 Å². The minimum Gasteiger partial charge on any atom is -0.460 e. The van der Waals surface area contributed by atoms with Gasteiger partial charge >= 0.3 is 5.97 Å². The number of benzene rings is 1. The van der Waals surface area contributed by atoms with E-state index in [1.165, 1.54) is 12.8 Å². The van der Waals surface area contributed by atoms with Crippen LogP contribution in [0, 0.1) is 5.41 Å². The molecule has 1 saturated carbocycles. The Balaban J connectivity index is 1.61. The van der Waals surface area contributed by atoms with Gasteiger partial charge in [-0.25, -0.2) is 0 Å². The third-order valence-corrected chi connectivity index (χ3v) is 4.66. The summed E-state index contributed by atoms with van der Waals surface area (Å²) in [5, 5.41) is 0. The quantitative estimate of drug-likeness (QED) is 0.790. The molecule has 20 heavy (non-hydrogen) atoms. The fourth-order valence-corrected chi connectivity index (χ4v) is 3.21. The Kier molecular flexibility index (Phi) is 3.55. The summed E-state index contributed by atoms with van der Waals surface area (Å²) in [5.74, 6) is -0.0497. The van der Waals surface area contributed by atoms with Crippen LogP contribution in [-0.4, -0.2) is 29.5 Å². The van der Waals surface area contributed by atoms with Gasteiger partial charge in [-0.15, -0.1) is 0 Å². The van der Waals surface area contributed by atoms with Crippen molar-refractivity contribution >= 4 is 5.97 Å². The molecule has 1 aliphatic heterocycles. The summed E-state index contributed by atoms with van der Waals surface area (Å²) in [7, 11) is 0. The molecule has 1 spiro atoms. The number of ether oxygens (including phenoxy) is 1. The largest absolute Gasteiger partial charge is 0.460 e. The average molecular weight is 273 g/mol. The summed E-state index contributed by atoms with van der Waals surface area (Å²) >= 11 is 0. The van der Waals surface area contributed by atoms with Crippen LogP contribution in [0.5, 0.6) is 0 Å². The van der Waals surface area contributed by atoms with Crippen LogP contribution < -0.4 is 0 Å². The van der Waals surface area contributed by atoms with Gasteiger partial charge in [-0.05, 0) is 44.1 Å². The number of hydrogen-bond acceptors (Lipinski definition) is 3. The minimum absolute atomic E-state index is 0.0405. The number of nitrogens with zero attached hydrogens (tertiary/aromatic N) is 1. The zero-order valence-corrected chi connectivity index (χ0v) is 12.3. The van der Waals surface area contributed by atoms with Gasteiger partial charge in [-0.2, -0.15) is 0 Å². The number of carbonyl (C=O) groups is 1. The molecule has 0 amide bonds. The third-order valence-electron chi connectivity index (χ3n) is 4.66. The van der Waals surface area contributed by atoms with Crippen molar-refractivity contribution in [2.45, 2.75) is 51.8 Å². The van der Waals surface area contributed by atoms with E-state index >= 15 is 0 Å². The van der Waals surface area contributed by atoms with Gasteiger partial charge in [-0.3, -0.25) is 9.69 Å². The maximum absolute atomic E-state index is 12.4. The summed E-state index contributed by atoms with van der Waals surface area (Å²) in [6.45, 7) is 5.78. The van der Waals surface area contributed by atoms with Gasteiger partial charge in [0.05, 0.1) is 0 Å². The maximum Gasteiger partial charge on any atom is 0.323 e. The van der Waals surface area contributed by atoms with E-state index in [4.69, 9.17) is 4.74 Å². The van der Waals surface area contributed by atoms with Crippen molar-refractivity contribution in [3.05, 3.63) is 35.9 Å². The van der Waals surface area contributed by atoms with Gasteiger partial charge in [0.1, 0.15) is 12.6 Å². The summed E-state index contributed by atoms with van der Waals surface area (Å²) < 4.78 is 5.53. The highest BCUT2D eigenvalue weighted by molar-refractivity contribution is 5.76. The molecule has 0 unspecified atom stereocenters. The van der Waals surface area contributed by atoms with Crippen LogP contribution in [0.25, 0.3) is 0 Å². The first-order valence-electron chi connectivity index (χ1n) is 7.56. The second-order valence-corrected chi connectivity index (χ2v) is 6.58. The fourth-order valence-electron chi connectivity index (χ4n) is 3.21. The smallest absolute Gasteiger partial charge is 0.323 e. The molecule has 1 aromatic rings. The Labute approximate surface area is 120 Å². The molecule has 0 bridgehead atoms. The van der Waals surface area contributed by atoms with Crippen molar-refractivity contribution in [3.8, 4) is 0 Å². The lowest BCUT2D eigenvalue weighted by Gasteiger charge is -2.26. The van der Waals surface area contributed by atoms with Crippen LogP contribution in [0.2, 0.25) is 0 Å². The standard InChI is InChI=1S/C17H23NO2/c1-13(2)18-12-17(8-9-17)10-15(18)16(19)20-11-14-6-4-3-5-7-14/h3-7,13,15H,8-12H2,1-2H3/t15-/m0/s1. The molecule has 0 N–H and O–H groups in total. The monoisotopic (exact) mass is 273 g/mol. The SMILES string of the molecule is CC(C)N1CC2(CC2)C[C@H]1C(=O)OCc1ccccc1. The number of rotatable bonds is 4. The molecule has 0 aromatic heterocycles. The summed E-state index contributed by atoms with van der Waals surface area (Å²) in [6, 6.07) is 10.3. The predicted molar refractivity (Wildman–Crippen MR) is 78.2 cm³/mol. The lowest BCUT2D eigenvalue weighted by molar-refractivity contribution is -0.151. The molecule has 1 aliphatic carbocycles. The number of carbonyl (C=O) groups excluding carboxylic acids is 1. The van der Waals surface area contributed by atoms with Gasteiger partial charge in [-0.1, -0.05) is 30.3 Å². The van der Waals surface area contributed by atoms with E-state index < -0.39 is 0 Å². The molecule has 1 atom stereocenters. The highest BCUT2D eigenvalue weighted by Gasteiger charge is 2.54. The van der Waals surface area contributed by atoms with Gasteiger partial charge in [0.15, 0.2) is 0 Å². The summed E-state index contributed by atoms with van der Waals surface area (Å²) in [4.78, 5) is 14.7. The molecule has 2 aliphatic rings. The maximum atomic E-state index is 12.4. The van der Waals surface area contributed by atoms with Gasteiger partial charge in [0.2, 0.25) is 0 Å². The molecular formula is C17H23NO2. The molecule has 3 nitrogen and oxygen atoms in total. The Hall–Kier alpha value is -1.35. The van der Waals surface area contributed by atoms with Crippen molar-refractivity contribution in [1.82, 2.24) is 4.90 Å². The Morgan fingerprint density at radius 3 is 2.65 bits per heavy atom. The first-order valence-corrected chi connectivity index (χ1v) is 7.56. The molecule has 3 rings (SSSR count). The molecule has 3 heteroatoms. The van der Waals surface area contributed by atoms with E-state index in [0.29, 0.717) is 18.1 Å². The summed E-state index contributed by atoms with van der Waals surface area (Å²) in [6.07, 6.45) is 3.54. The first kappa shape index (κ1) is 13.6. The van der Waals surface area contributed by atoms with E-state index in [1.54, 1.807) is 0 Å². The predicted octanol–water partition coefficient (Wildman–Crippen LogP) is 2.99. The zero-order chi connectivity index (χ0) is 14.2. The number of hydrogen-bond donors (Lipinski definition) is 0. The van der Waals surface area contributed by atoms with Crippen LogP contribution in [0.1, 0.15) is 38.7 Å². The van der Waals surface area contributed by atoms with Crippen LogP contribution in [0.4, 0.5) is 0 Å². The third kappa shape index (κ3) is 2.73. The normalized spacial score (nSPS) is 24.2. The first-order chi connectivity index (χ1) is 9.60. The second kappa shape index (κ2) is 5.21. The Morgan fingerprint density at radius 1 is 1.35 bits per heavy atom. The van der Waals surface area contributed by atoms with Crippen LogP contribution in [-0.2, 0) is 16.1 Å². The van der Waals surface area contributed by atoms with Crippen molar-refractivity contribution in [2.24, 2.45) is 5.41 Å². The number of esters is 1. The van der Waals surface area contributed by atoms with E-state index in [1.807, 2.05) is 30.3 Å². The van der Waals surface area contributed by atoms with Crippen molar-refractivity contribution in [2.75, 3.05) is 6.54 Å². The van der Waals surface area contributed by atoms with Crippen molar-refractivity contribution < 1.29 is 9.53 Å². The minimum atomic E-state index is -0.0497. The molecule has 1 aromatic carbocycles. The molecule has 2 fully saturated rings. The molecule has 1 heterocycles. The molecule has 0 radical (unpaired) electrons. The highest BCUT2D eigenvalue weighted by Crippen LogP contribution is 2.55. The zero-order valence-electron chi connectivity index (χ0n) is 12.3. The Bertz CT molecular complexity index is 479. The fraction of sp³-hybridized carbons (Fsp3) is 0.588. The Morgan fingerprint density at radius 2 is 2.05 bits per heavy atom.